The SMILES string of the molecule is CCCCC(=O)Nc1nc(-c2ccccc2)c(C(=O)c2ccccc2)s1. The molecule has 132 valence electrons. The lowest BCUT2D eigenvalue weighted by atomic mass is 10.1. The van der Waals surface area contributed by atoms with Crippen LogP contribution in [0.5, 0.6) is 0 Å². The minimum atomic E-state index is -0.0870. The molecule has 0 fully saturated rings. The molecule has 0 aliphatic heterocycles. The molecule has 0 aliphatic rings. The minimum Gasteiger partial charge on any atom is -0.302 e. The van der Waals surface area contributed by atoms with Crippen LogP contribution < -0.4 is 5.32 Å². The summed E-state index contributed by atoms with van der Waals surface area (Å²) in [6, 6.07) is 18.7. The van der Waals surface area contributed by atoms with E-state index in [-0.39, 0.29) is 11.7 Å². The van der Waals surface area contributed by atoms with E-state index >= 15 is 0 Å². The van der Waals surface area contributed by atoms with Crippen LogP contribution in [-0.2, 0) is 4.79 Å². The van der Waals surface area contributed by atoms with Crippen LogP contribution in [0.25, 0.3) is 11.3 Å². The van der Waals surface area contributed by atoms with Crippen molar-refractivity contribution in [2.75, 3.05) is 5.32 Å². The van der Waals surface area contributed by atoms with Crippen molar-refractivity contribution in [3.05, 3.63) is 71.1 Å². The maximum absolute atomic E-state index is 13.0. The zero-order valence-corrected chi connectivity index (χ0v) is 15.4. The van der Waals surface area contributed by atoms with Crippen LogP contribution in [0, 0.1) is 0 Å². The Kier molecular flexibility index (Phi) is 5.92. The first-order valence-electron chi connectivity index (χ1n) is 8.65. The smallest absolute Gasteiger partial charge is 0.226 e. The van der Waals surface area contributed by atoms with E-state index in [0.29, 0.717) is 27.7 Å². The van der Waals surface area contributed by atoms with Gasteiger partial charge in [-0.25, -0.2) is 4.98 Å². The Hall–Kier alpha value is -2.79. The number of carbonyl (C=O) groups is 2. The fraction of sp³-hybridized carbons (Fsp3) is 0.190. The molecular formula is C21H20N2O2S. The molecule has 0 saturated carbocycles. The maximum atomic E-state index is 13.0. The fourth-order valence-electron chi connectivity index (χ4n) is 2.56. The van der Waals surface area contributed by atoms with Crippen molar-refractivity contribution in [1.29, 1.82) is 0 Å². The molecule has 0 spiro atoms. The number of aromatic nitrogens is 1. The number of amides is 1. The molecule has 2 aromatic carbocycles. The topological polar surface area (TPSA) is 59.1 Å². The zero-order valence-electron chi connectivity index (χ0n) is 14.6. The molecule has 0 atom stereocenters. The highest BCUT2D eigenvalue weighted by Gasteiger charge is 2.21. The van der Waals surface area contributed by atoms with E-state index in [2.05, 4.69) is 10.3 Å². The number of thiazole rings is 1. The summed E-state index contributed by atoms with van der Waals surface area (Å²) in [5.41, 5.74) is 2.07. The standard InChI is InChI=1S/C21H20N2O2S/c1-2-3-14-17(24)22-21-23-18(15-10-6-4-7-11-15)20(26-21)19(25)16-12-8-5-9-13-16/h4-13H,2-3,14H2,1H3,(H,22,23,24). The van der Waals surface area contributed by atoms with Gasteiger partial charge in [-0.2, -0.15) is 0 Å². The zero-order chi connectivity index (χ0) is 18.4. The van der Waals surface area contributed by atoms with E-state index in [1.807, 2.05) is 55.5 Å². The van der Waals surface area contributed by atoms with Crippen LogP contribution in [0.1, 0.15) is 41.4 Å². The van der Waals surface area contributed by atoms with E-state index < -0.39 is 0 Å². The Labute approximate surface area is 156 Å². The largest absolute Gasteiger partial charge is 0.302 e. The maximum Gasteiger partial charge on any atom is 0.226 e. The molecule has 4 nitrogen and oxygen atoms in total. The van der Waals surface area contributed by atoms with Crippen molar-refractivity contribution in [1.82, 2.24) is 4.98 Å². The number of ketones is 1. The van der Waals surface area contributed by atoms with E-state index in [1.54, 1.807) is 12.1 Å². The van der Waals surface area contributed by atoms with Crippen LogP contribution in [0.2, 0.25) is 0 Å². The first kappa shape index (κ1) is 18.0. The number of carbonyl (C=O) groups excluding carboxylic acids is 2. The molecule has 0 aliphatic carbocycles. The number of hydrogen-bond acceptors (Lipinski definition) is 4. The fourth-order valence-corrected chi connectivity index (χ4v) is 3.52. The summed E-state index contributed by atoms with van der Waals surface area (Å²) in [6.07, 6.45) is 2.25. The molecule has 1 amide bonds. The number of benzene rings is 2. The van der Waals surface area contributed by atoms with Crippen molar-refractivity contribution in [3.8, 4) is 11.3 Å². The highest BCUT2D eigenvalue weighted by molar-refractivity contribution is 7.18. The summed E-state index contributed by atoms with van der Waals surface area (Å²) < 4.78 is 0. The summed E-state index contributed by atoms with van der Waals surface area (Å²) in [4.78, 5) is 30.1. The third-order valence-corrected chi connectivity index (χ3v) is 4.89. The molecule has 0 unspecified atom stereocenters. The molecule has 1 N–H and O–H groups in total. The van der Waals surface area contributed by atoms with Gasteiger partial charge in [0.15, 0.2) is 5.13 Å². The lowest BCUT2D eigenvalue weighted by Crippen LogP contribution is -2.10. The number of nitrogens with one attached hydrogen (secondary N) is 1. The van der Waals surface area contributed by atoms with Gasteiger partial charge in [-0.05, 0) is 6.42 Å². The van der Waals surface area contributed by atoms with E-state index in [9.17, 15) is 9.59 Å². The summed E-state index contributed by atoms with van der Waals surface area (Å²) in [5.74, 6) is -0.157. The Morgan fingerprint density at radius 1 is 1.00 bits per heavy atom. The number of anilines is 1. The molecule has 26 heavy (non-hydrogen) atoms. The Morgan fingerprint density at radius 3 is 2.31 bits per heavy atom. The van der Waals surface area contributed by atoms with Gasteiger partial charge in [-0.1, -0.05) is 85.3 Å². The van der Waals surface area contributed by atoms with E-state index in [1.165, 1.54) is 11.3 Å². The average Bonchev–Trinajstić information content (AvgIpc) is 3.10. The van der Waals surface area contributed by atoms with Gasteiger partial charge < -0.3 is 5.32 Å². The van der Waals surface area contributed by atoms with E-state index in [4.69, 9.17) is 0 Å². The molecule has 3 aromatic rings. The summed E-state index contributed by atoms with van der Waals surface area (Å²) in [6.45, 7) is 2.04. The van der Waals surface area contributed by atoms with Crippen molar-refractivity contribution >= 4 is 28.2 Å². The van der Waals surface area contributed by atoms with Gasteiger partial charge >= 0.3 is 0 Å². The summed E-state index contributed by atoms with van der Waals surface area (Å²) >= 11 is 1.23. The van der Waals surface area contributed by atoms with Crippen molar-refractivity contribution < 1.29 is 9.59 Å². The second-order valence-corrected chi connectivity index (χ2v) is 6.91. The van der Waals surface area contributed by atoms with Crippen LogP contribution in [0.4, 0.5) is 5.13 Å². The first-order valence-corrected chi connectivity index (χ1v) is 9.46. The number of rotatable bonds is 7. The third-order valence-electron chi connectivity index (χ3n) is 3.92. The van der Waals surface area contributed by atoms with Gasteiger partial charge in [-0.15, -0.1) is 0 Å². The van der Waals surface area contributed by atoms with Gasteiger partial charge in [-0.3, -0.25) is 9.59 Å². The Balaban J connectivity index is 1.96. The van der Waals surface area contributed by atoms with Crippen LogP contribution >= 0.6 is 11.3 Å². The quantitative estimate of drug-likeness (QED) is 0.588. The van der Waals surface area contributed by atoms with Crippen LogP contribution in [-0.4, -0.2) is 16.7 Å². The number of nitrogens with zero attached hydrogens (tertiary/aromatic N) is 1. The summed E-state index contributed by atoms with van der Waals surface area (Å²) in [7, 11) is 0. The third kappa shape index (κ3) is 4.24. The normalized spacial score (nSPS) is 10.5. The van der Waals surface area contributed by atoms with Crippen molar-refractivity contribution in [2.45, 2.75) is 26.2 Å². The molecule has 0 bridgehead atoms. The van der Waals surface area contributed by atoms with Gasteiger partial charge in [0.2, 0.25) is 11.7 Å². The molecule has 1 heterocycles. The molecule has 0 radical (unpaired) electrons. The van der Waals surface area contributed by atoms with Crippen molar-refractivity contribution in [3.63, 3.8) is 0 Å². The highest BCUT2D eigenvalue weighted by Crippen LogP contribution is 2.33. The molecular weight excluding hydrogens is 344 g/mol. The van der Waals surface area contributed by atoms with Crippen molar-refractivity contribution in [2.24, 2.45) is 0 Å². The van der Waals surface area contributed by atoms with Gasteiger partial charge in [0.05, 0.1) is 5.69 Å². The predicted octanol–water partition coefficient (Wildman–Crippen LogP) is 5.17. The number of unbranched alkanes of at least 4 members (excludes halogenated alkanes) is 1. The van der Waals surface area contributed by atoms with Gasteiger partial charge in [0.1, 0.15) is 4.88 Å². The second-order valence-electron chi connectivity index (χ2n) is 5.91. The Morgan fingerprint density at radius 2 is 1.65 bits per heavy atom. The molecule has 3 rings (SSSR count). The monoisotopic (exact) mass is 364 g/mol. The second kappa shape index (κ2) is 8.54. The average molecular weight is 364 g/mol. The minimum absolute atomic E-state index is 0.0704. The molecule has 5 heteroatoms. The van der Waals surface area contributed by atoms with E-state index in [0.717, 1.165) is 18.4 Å². The lowest BCUT2D eigenvalue weighted by molar-refractivity contribution is -0.116. The van der Waals surface area contributed by atoms with Crippen LogP contribution in [0.15, 0.2) is 60.7 Å². The first-order chi connectivity index (χ1) is 12.7. The Bertz CT molecular complexity index is 889. The number of hydrogen-bond donors (Lipinski definition) is 1. The summed E-state index contributed by atoms with van der Waals surface area (Å²) in [5, 5.41) is 3.29. The molecule has 1 aromatic heterocycles. The van der Waals surface area contributed by atoms with Crippen LogP contribution in [0.3, 0.4) is 0 Å². The van der Waals surface area contributed by atoms with Gasteiger partial charge in [0.25, 0.3) is 0 Å². The predicted molar refractivity (Wildman–Crippen MR) is 106 cm³/mol. The van der Waals surface area contributed by atoms with Gasteiger partial charge in [0, 0.05) is 17.5 Å². The highest BCUT2D eigenvalue weighted by atomic mass is 32.1. The molecule has 0 saturated heterocycles. The lowest BCUT2D eigenvalue weighted by Gasteiger charge is -2.02.